The van der Waals surface area contributed by atoms with Crippen molar-refractivity contribution in [1.29, 1.82) is 0 Å². The number of fused-ring (bicyclic) bond motifs is 1. The van der Waals surface area contributed by atoms with E-state index in [1.807, 2.05) is 6.92 Å². The summed E-state index contributed by atoms with van der Waals surface area (Å²) in [4.78, 5) is 13.4. The standard InChI is InChI=1S/C14H10Cl2N4S/c1-6-11-9(5-18-14(17)20-11)19-12(13(6)21)10-7(15)3-2-4-8(10)16/h2-6H,1H3,(H2,17,18,20). The molecule has 21 heavy (non-hydrogen) atoms. The number of aromatic nitrogens is 2. The minimum absolute atomic E-state index is 0.111. The van der Waals surface area contributed by atoms with Crippen LogP contribution in [0, 0.1) is 0 Å². The summed E-state index contributed by atoms with van der Waals surface area (Å²) >= 11 is 18.0. The number of nitrogen functional groups attached to an aromatic ring is 1. The van der Waals surface area contributed by atoms with Gasteiger partial charge in [-0.3, -0.25) is 0 Å². The highest BCUT2D eigenvalue weighted by molar-refractivity contribution is 7.82. The number of aliphatic imine (C=N–C) groups is 1. The van der Waals surface area contributed by atoms with Gasteiger partial charge in [-0.15, -0.1) is 0 Å². The highest BCUT2D eigenvalue weighted by atomic mass is 35.5. The number of anilines is 1. The number of nitrogens with two attached hydrogens (primary N) is 1. The van der Waals surface area contributed by atoms with Crippen LogP contribution in [-0.2, 0) is 0 Å². The van der Waals surface area contributed by atoms with Gasteiger partial charge in [-0.25, -0.2) is 15.0 Å². The van der Waals surface area contributed by atoms with Crippen molar-refractivity contribution in [3.63, 3.8) is 0 Å². The average Bonchev–Trinajstić information content (AvgIpc) is 2.44. The maximum atomic E-state index is 6.25. The van der Waals surface area contributed by atoms with Crippen LogP contribution >= 0.6 is 35.4 Å². The molecule has 0 saturated carbocycles. The van der Waals surface area contributed by atoms with Gasteiger partial charge in [0.15, 0.2) is 0 Å². The van der Waals surface area contributed by atoms with Crippen LogP contribution in [0.15, 0.2) is 29.4 Å². The molecule has 0 radical (unpaired) electrons. The van der Waals surface area contributed by atoms with E-state index >= 15 is 0 Å². The van der Waals surface area contributed by atoms with Crippen molar-refractivity contribution in [3.8, 4) is 0 Å². The molecular formula is C14H10Cl2N4S. The Morgan fingerprint density at radius 1 is 1.24 bits per heavy atom. The Morgan fingerprint density at radius 2 is 1.90 bits per heavy atom. The molecule has 4 nitrogen and oxygen atoms in total. The fraction of sp³-hybridized carbons (Fsp3) is 0.143. The van der Waals surface area contributed by atoms with Crippen molar-refractivity contribution < 1.29 is 0 Å². The Hall–Kier alpha value is -1.56. The van der Waals surface area contributed by atoms with Crippen LogP contribution in [0.5, 0.6) is 0 Å². The van der Waals surface area contributed by atoms with E-state index in [9.17, 15) is 0 Å². The third-order valence-corrected chi connectivity index (χ3v) is 4.46. The van der Waals surface area contributed by atoms with E-state index in [4.69, 9.17) is 41.2 Å². The molecule has 1 aliphatic rings. The van der Waals surface area contributed by atoms with E-state index < -0.39 is 0 Å². The summed E-state index contributed by atoms with van der Waals surface area (Å²) in [6, 6.07) is 5.29. The molecule has 2 N–H and O–H groups in total. The predicted octanol–water partition coefficient (Wildman–Crippen LogP) is 3.97. The Morgan fingerprint density at radius 3 is 2.57 bits per heavy atom. The first kappa shape index (κ1) is 14.4. The normalized spacial score (nSPS) is 17.4. The van der Waals surface area contributed by atoms with Crippen molar-refractivity contribution in [1.82, 2.24) is 9.97 Å². The molecule has 0 saturated heterocycles. The summed E-state index contributed by atoms with van der Waals surface area (Å²) in [5.74, 6) is 0.0953. The van der Waals surface area contributed by atoms with E-state index in [-0.39, 0.29) is 11.9 Å². The quantitative estimate of drug-likeness (QED) is 0.800. The largest absolute Gasteiger partial charge is 0.368 e. The smallest absolute Gasteiger partial charge is 0.220 e. The van der Waals surface area contributed by atoms with Crippen LogP contribution in [0.2, 0.25) is 10.0 Å². The number of rotatable bonds is 1. The summed E-state index contributed by atoms with van der Waals surface area (Å²) in [6.07, 6.45) is 1.58. The van der Waals surface area contributed by atoms with E-state index in [0.717, 1.165) is 5.69 Å². The Balaban J connectivity index is 2.24. The van der Waals surface area contributed by atoms with Gasteiger partial charge in [-0.1, -0.05) is 48.4 Å². The minimum Gasteiger partial charge on any atom is -0.368 e. The molecule has 1 aromatic carbocycles. The highest BCUT2D eigenvalue weighted by Crippen LogP contribution is 2.36. The van der Waals surface area contributed by atoms with Gasteiger partial charge < -0.3 is 5.73 Å². The van der Waals surface area contributed by atoms with Gasteiger partial charge >= 0.3 is 0 Å². The third-order valence-electron chi connectivity index (χ3n) is 3.29. The first-order chi connectivity index (χ1) is 9.99. The molecule has 2 heterocycles. The molecule has 0 aliphatic carbocycles. The van der Waals surface area contributed by atoms with Gasteiger partial charge in [0.05, 0.1) is 32.5 Å². The summed E-state index contributed by atoms with van der Waals surface area (Å²) in [5, 5.41) is 1.02. The van der Waals surface area contributed by atoms with E-state index in [0.29, 0.717) is 31.9 Å². The zero-order chi connectivity index (χ0) is 15.1. The second-order valence-corrected chi connectivity index (χ2v) is 5.90. The van der Waals surface area contributed by atoms with E-state index in [2.05, 4.69) is 15.0 Å². The number of hydrogen-bond acceptors (Lipinski definition) is 5. The van der Waals surface area contributed by atoms with Crippen LogP contribution in [0.3, 0.4) is 0 Å². The number of thiocarbonyl (C=S) groups is 1. The monoisotopic (exact) mass is 336 g/mol. The van der Waals surface area contributed by atoms with Crippen molar-refractivity contribution in [2.45, 2.75) is 12.8 Å². The van der Waals surface area contributed by atoms with Gasteiger partial charge in [-0.2, -0.15) is 0 Å². The van der Waals surface area contributed by atoms with Crippen LogP contribution < -0.4 is 5.73 Å². The Labute approximate surface area is 137 Å². The molecule has 0 fully saturated rings. The van der Waals surface area contributed by atoms with Gasteiger partial charge in [0.1, 0.15) is 5.69 Å². The van der Waals surface area contributed by atoms with Crippen LogP contribution in [-0.4, -0.2) is 20.5 Å². The molecule has 1 aliphatic heterocycles. The van der Waals surface area contributed by atoms with E-state index in [1.165, 1.54) is 0 Å². The topological polar surface area (TPSA) is 64.2 Å². The number of nitrogens with zero attached hydrogens (tertiary/aromatic N) is 3. The van der Waals surface area contributed by atoms with Crippen molar-refractivity contribution >= 4 is 57.6 Å². The van der Waals surface area contributed by atoms with Crippen LogP contribution in [0.25, 0.3) is 0 Å². The maximum absolute atomic E-state index is 6.25. The lowest BCUT2D eigenvalue weighted by molar-refractivity contribution is 0.943. The van der Waals surface area contributed by atoms with E-state index in [1.54, 1.807) is 24.4 Å². The van der Waals surface area contributed by atoms with Crippen molar-refractivity contribution in [2.24, 2.45) is 4.99 Å². The molecular weight excluding hydrogens is 327 g/mol. The fourth-order valence-electron chi connectivity index (χ4n) is 2.22. The zero-order valence-corrected chi connectivity index (χ0v) is 13.3. The lowest BCUT2D eigenvalue weighted by Crippen LogP contribution is -2.25. The molecule has 7 heteroatoms. The third kappa shape index (κ3) is 2.41. The second-order valence-electron chi connectivity index (χ2n) is 4.64. The number of benzene rings is 1. The van der Waals surface area contributed by atoms with Crippen LogP contribution in [0.1, 0.15) is 24.1 Å². The second kappa shape index (κ2) is 5.33. The lowest BCUT2D eigenvalue weighted by atomic mass is 9.92. The summed E-state index contributed by atoms with van der Waals surface area (Å²) in [5.41, 5.74) is 8.22. The molecule has 1 unspecified atom stereocenters. The fourth-order valence-corrected chi connectivity index (χ4v) is 3.05. The van der Waals surface area contributed by atoms with Gasteiger partial charge in [-0.05, 0) is 12.1 Å². The Bertz CT molecular complexity index is 768. The SMILES string of the molecule is CC1C(=S)C(c2c(Cl)cccc2Cl)=Nc2cnc(N)nc21. The Kier molecular flexibility index (Phi) is 3.65. The first-order valence-corrected chi connectivity index (χ1v) is 7.35. The van der Waals surface area contributed by atoms with Crippen LogP contribution in [0.4, 0.5) is 11.6 Å². The molecule has 106 valence electrons. The molecule has 0 bridgehead atoms. The van der Waals surface area contributed by atoms with Gasteiger partial charge in [0, 0.05) is 11.5 Å². The predicted molar refractivity (Wildman–Crippen MR) is 90.1 cm³/mol. The molecule has 0 spiro atoms. The molecule has 1 aromatic heterocycles. The number of halogens is 2. The van der Waals surface area contributed by atoms with Gasteiger partial charge in [0.2, 0.25) is 5.95 Å². The molecule has 3 rings (SSSR count). The average molecular weight is 337 g/mol. The lowest BCUT2D eigenvalue weighted by Gasteiger charge is -2.23. The summed E-state index contributed by atoms with van der Waals surface area (Å²) in [7, 11) is 0. The molecule has 1 atom stereocenters. The number of hydrogen-bond donors (Lipinski definition) is 1. The van der Waals surface area contributed by atoms with Crippen molar-refractivity contribution in [2.75, 3.05) is 5.73 Å². The maximum Gasteiger partial charge on any atom is 0.220 e. The first-order valence-electron chi connectivity index (χ1n) is 6.18. The highest BCUT2D eigenvalue weighted by Gasteiger charge is 2.29. The molecule has 0 amide bonds. The van der Waals surface area contributed by atoms with Gasteiger partial charge in [0.25, 0.3) is 0 Å². The zero-order valence-electron chi connectivity index (χ0n) is 11.0. The molecule has 2 aromatic rings. The van der Waals surface area contributed by atoms with Crippen molar-refractivity contribution in [3.05, 3.63) is 45.7 Å². The summed E-state index contributed by atoms with van der Waals surface area (Å²) < 4.78 is 0. The minimum atomic E-state index is -0.111. The summed E-state index contributed by atoms with van der Waals surface area (Å²) in [6.45, 7) is 1.95.